The summed E-state index contributed by atoms with van der Waals surface area (Å²) in [5.41, 5.74) is 2.87. The Hall–Kier alpha value is -0.860. The number of ether oxygens (including phenoxy) is 1. The highest BCUT2D eigenvalue weighted by atomic mass is 16.5. The Morgan fingerprint density at radius 1 is 1.32 bits per heavy atom. The van der Waals surface area contributed by atoms with Gasteiger partial charge in [0, 0.05) is 12.0 Å². The molecule has 0 aliphatic carbocycles. The van der Waals surface area contributed by atoms with Crippen LogP contribution >= 0.6 is 0 Å². The first-order valence-electron chi connectivity index (χ1n) is 7.74. The molecule has 0 amide bonds. The van der Waals surface area contributed by atoms with Crippen molar-refractivity contribution in [3.63, 3.8) is 0 Å². The van der Waals surface area contributed by atoms with E-state index in [9.17, 15) is 0 Å². The molecule has 2 bridgehead atoms. The van der Waals surface area contributed by atoms with Crippen molar-refractivity contribution in [3.05, 3.63) is 35.4 Å². The van der Waals surface area contributed by atoms with Crippen molar-refractivity contribution in [2.45, 2.75) is 57.8 Å². The number of nitrogens with one attached hydrogen (secondary N) is 1. The number of hydrogen-bond donors (Lipinski definition) is 1. The second-order valence-electron chi connectivity index (χ2n) is 6.06. The third kappa shape index (κ3) is 2.56. The molecule has 4 atom stereocenters. The number of benzene rings is 1. The van der Waals surface area contributed by atoms with E-state index in [1.54, 1.807) is 0 Å². The Labute approximate surface area is 116 Å². The third-order valence-corrected chi connectivity index (χ3v) is 4.72. The summed E-state index contributed by atoms with van der Waals surface area (Å²) in [6.45, 7) is 5.55. The maximum Gasteiger partial charge on any atom is 0.0627 e. The van der Waals surface area contributed by atoms with Gasteiger partial charge in [0.15, 0.2) is 0 Å². The van der Waals surface area contributed by atoms with Gasteiger partial charge in [0.05, 0.1) is 12.2 Å². The zero-order valence-corrected chi connectivity index (χ0v) is 12.1. The maximum absolute atomic E-state index is 6.07. The molecular formula is C17H25NO. The molecule has 1 aromatic carbocycles. The van der Waals surface area contributed by atoms with E-state index in [-0.39, 0.29) is 0 Å². The molecule has 1 aromatic rings. The molecule has 1 N–H and O–H groups in total. The van der Waals surface area contributed by atoms with E-state index < -0.39 is 0 Å². The molecule has 2 fully saturated rings. The normalized spacial score (nSPS) is 30.7. The van der Waals surface area contributed by atoms with E-state index in [1.165, 1.54) is 36.8 Å². The van der Waals surface area contributed by atoms with Gasteiger partial charge in [0.25, 0.3) is 0 Å². The number of fused-ring (bicyclic) bond motifs is 2. The summed E-state index contributed by atoms with van der Waals surface area (Å²) < 4.78 is 6.07. The van der Waals surface area contributed by atoms with Crippen LogP contribution in [0, 0.1) is 12.8 Å². The Morgan fingerprint density at radius 3 is 2.79 bits per heavy atom. The van der Waals surface area contributed by atoms with Crippen molar-refractivity contribution in [2.24, 2.45) is 5.92 Å². The van der Waals surface area contributed by atoms with Crippen LogP contribution in [-0.2, 0) is 4.74 Å². The molecule has 2 nitrogen and oxygen atoms in total. The molecule has 3 rings (SSSR count). The maximum atomic E-state index is 6.07. The van der Waals surface area contributed by atoms with E-state index in [1.807, 2.05) is 0 Å². The van der Waals surface area contributed by atoms with Gasteiger partial charge in [-0.05, 0) is 50.3 Å². The van der Waals surface area contributed by atoms with Crippen molar-refractivity contribution in [1.82, 2.24) is 5.32 Å². The second-order valence-corrected chi connectivity index (χ2v) is 6.06. The first kappa shape index (κ1) is 13.1. The van der Waals surface area contributed by atoms with Gasteiger partial charge < -0.3 is 10.1 Å². The fraction of sp³-hybridized carbons (Fsp3) is 0.647. The lowest BCUT2D eigenvalue weighted by Crippen LogP contribution is -2.34. The van der Waals surface area contributed by atoms with Gasteiger partial charge >= 0.3 is 0 Å². The molecule has 104 valence electrons. The fourth-order valence-corrected chi connectivity index (χ4v) is 3.76. The molecule has 2 heterocycles. The molecule has 0 spiro atoms. The van der Waals surface area contributed by atoms with E-state index in [4.69, 9.17) is 4.74 Å². The topological polar surface area (TPSA) is 21.3 Å². The van der Waals surface area contributed by atoms with Crippen LogP contribution in [0.25, 0.3) is 0 Å². The van der Waals surface area contributed by atoms with Gasteiger partial charge in [-0.25, -0.2) is 0 Å². The number of hydrogen-bond acceptors (Lipinski definition) is 2. The van der Waals surface area contributed by atoms with Crippen LogP contribution < -0.4 is 5.32 Å². The average molecular weight is 259 g/mol. The highest BCUT2D eigenvalue weighted by molar-refractivity contribution is 5.30. The second kappa shape index (κ2) is 5.64. The number of rotatable bonds is 5. The van der Waals surface area contributed by atoms with E-state index in [0.29, 0.717) is 24.2 Å². The zero-order chi connectivity index (χ0) is 13.2. The molecule has 2 aliphatic heterocycles. The minimum absolute atomic E-state index is 0.469. The molecule has 4 unspecified atom stereocenters. The molecule has 2 heteroatoms. The van der Waals surface area contributed by atoms with Crippen molar-refractivity contribution in [3.8, 4) is 0 Å². The lowest BCUT2D eigenvalue weighted by molar-refractivity contribution is 0.0856. The quantitative estimate of drug-likeness (QED) is 0.872. The third-order valence-electron chi connectivity index (χ3n) is 4.72. The van der Waals surface area contributed by atoms with Gasteiger partial charge in [-0.1, -0.05) is 31.2 Å². The summed E-state index contributed by atoms with van der Waals surface area (Å²) in [5, 5.41) is 3.77. The summed E-state index contributed by atoms with van der Waals surface area (Å²) >= 11 is 0. The van der Waals surface area contributed by atoms with E-state index in [0.717, 1.165) is 6.54 Å². The summed E-state index contributed by atoms with van der Waals surface area (Å²) in [6.07, 6.45) is 5.97. The van der Waals surface area contributed by atoms with Gasteiger partial charge in [-0.2, -0.15) is 0 Å². The molecule has 19 heavy (non-hydrogen) atoms. The average Bonchev–Trinajstić information content (AvgIpc) is 3.04. The Morgan fingerprint density at radius 2 is 2.16 bits per heavy atom. The van der Waals surface area contributed by atoms with Gasteiger partial charge in [-0.15, -0.1) is 0 Å². The summed E-state index contributed by atoms with van der Waals surface area (Å²) in [7, 11) is 0. The highest BCUT2D eigenvalue weighted by Gasteiger charge is 2.44. The molecule has 0 aromatic heterocycles. The van der Waals surface area contributed by atoms with Crippen LogP contribution in [-0.4, -0.2) is 18.8 Å². The van der Waals surface area contributed by atoms with Crippen molar-refractivity contribution in [1.29, 1.82) is 0 Å². The SMILES string of the molecule is CCCNC(c1ccccc1C)C1CC2CCC1O2. The molecule has 2 saturated heterocycles. The lowest BCUT2D eigenvalue weighted by Gasteiger charge is -2.31. The van der Waals surface area contributed by atoms with Crippen LogP contribution in [0.5, 0.6) is 0 Å². The predicted octanol–water partition coefficient (Wildman–Crippen LogP) is 3.60. The number of aryl methyl sites for hydroxylation is 1. The van der Waals surface area contributed by atoms with Crippen molar-refractivity contribution >= 4 is 0 Å². The lowest BCUT2D eigenvalue weighted by atomic mass is 9.80. The van der Waals surface area contributed by atoms with Crippen LogP contribution in [0.15, 0.2) is 24.3 Å². The minimum Gasteiger partial charge on any atom is -0.375 e. The zero-order valence-electron chi connectivity index (χ0n) is 12.1. The largest absolute Gasteiger partial charge is 0.375 e. The predicted molar refractivity (Wildman–Crippen MR) is 78.2 cm³/mol. The standard InChI is InChI=1S/C17H25NO/c1-3-10-18-17(14-7-5-4-6-12(14)2)15-11-13-8-9-16(15)19-13/h4-7,13,15-18H,3,8-11H2,1-2H3. The molecule has 2 aliphatic rings. The van der Waals surface area contributed by atoms with Crippen LogP contribution in [0.4, 0.5) is 0 Å². The smallest absolute Gasteiger partial charge is 0.0627 e. The summed E-state index contributed by atoms with van der Waals surface area (Å²) in [4.78, 5) is 0. The van der Waals surface area contributed by atoms with Gasteiger partial charge in [0.1, 0.15) is 0 Å². The van der Waals surface area contributed by atoms with Crippen LogP contribution in [0.1, 0.15) is 49.8 Å². The Balaban J connectivity index is 1.83. The monoisotopic (exact) mass is 259 g/mol. The van der Waals surface area contributed by atoms with Crippen LogP contribution in [0.2, 0.25) is 0 Å². The van der Waals surface area contributed by atoms with Crippen LogP contribution in [0.3, 0.4) is 0 Å². The van der Waals surface area contributed by atoms with Gasteiger partial charge in [0.2, 0.25) is 0 Å². The molecule has 0 radical (unpaired) electrons. The molecular weight excluding hydrogens is 234 g/mol. The summed E-state index contributed by atoms with van der Waals surface area (Å²) in [5.74, 6) is 0.659. The Bertz CT molecular complexity index is 431. The van der Waals surface area contributed by atoms with E-state index in [2.05, 4.69) is 43.4 Å². The summed E-state index contributed by atoms with van der Waals surface area (Å²) in [6, 6.07) is 9.28. The van der Waals surface area contributed by atoms with Gasteiger partial charge in [-0.3, -0.25) is 0 Å². The first-order chi connectivity index (χ1) is 9.29. The van der Waals surface area contributed by atoms with Crippen molar-refractivity contribution in [2.75, 3.05) is 6.54 Å². The Kier molecular flexibility index (Phi) is 3.90. The fourth-order valence-electron chi connectivity index (χ4n) is 3.76. The van der Waals surface area contributed by atoms with E-state index >= 15 is 0 Å². The molecule has 0 saturated carbocycles. The minimum atomic E-state index is 0.469. The first-order valence-corrected chi connectivity index (χ1v) is 7.74. The van der Waals surface area contributed by atoms with Crippen molar-refractivity contribution < 1.29 is 4.74 Å². The highest BCUT2D eigenvalue weighted by Crippen LogP contribution is 2.45.